The Morgan fingerprint density at radius 1 is 1.55 bits per heavy atom. The average molecular weight is 291 g/mol. The molecule has 1 saturated carbocycles. The van der Waals surface area contributed by atoms with Gasteiger partial charge in [0.25, 0.3) is 5.69 Å². The van der Waals surface area contributed by atoms with Gasteiger partial charge >= 0.3 is 0 Å². The molecule has 5 nitrogen and oxygen atoms in total. The first-order valence-electron chi connectivity index (χ1n) is 6.66. The van der Waals surface area contributed by atoms with Crippen LogP contribution in [0.3, 0.4) is 0 Å². The molecule has 2 atom stereocenters. The molecule has 0 amide bonds. The number of rotatable bonds is 5. The fourth-order valence-corrected chi connectivity index (χ4v) is 3.86. The van der Waals surface area contributed by atoms with E-state index in [4.69, 9.17) is 0 Å². The van der Waals surface area contributed by atoms with Gasteiger partial charge in [0.1, 0.15) is 5.54 Å². The number of nitro benzene ring substituents is 1. The Bertz CT molecular complexity index is 526. The summed E-state index contributed by atoms with van der Waals surface area (Å²) >= 11 is 1.70. The molecule has 106 valence electrons. The van der Waals surface area contributed by atoms with Crippen LogP contribution >= 0.6 is 11.8 Å². The second-order valence-electron chi connectivity index (χ2n) is 4.96. The largest absolute Gasteiger partial charge is 0.300 e. The van der Waals surface area contributed by atoms with Gasteiger partial charge in [0, 0.05) is 22.3 Å². The number of hydrogen-bond acceptors (Lipinski definition) is 5. The maximum absolute atomic E-state index is 10.6. The summed E-state index contributed by atoms with van der Waals surface area (Å²) in [6, 6.07) is 9.02. The van der Waals surface area contributed by atoms with Gasteiger partial charge in [-0.1, -0.05) is 6.92 Å². The van der Waals surface area contributed by atoms with Gasteiger partial charge in [-0.15, -0.1) is 11.8 Å². The van der Waals surface area contributed by atoms with E-state index in [2.05, 4.69) is 11.4 Å². The topological polar surface area (TPSA) is 79.0 Å². The normalized spacial score (nSPS) is 25.3. The number of benzene rings is 1. The van der Waals surface area contributed by atoms with Crippen LogP contribution in [0.2, 0.25) is 0 Å². The van der Waals surface area contributed by atoms with Crippen LogP contribution in [0.5, 0.6) is 0 Å². The molecular formula is C14H17N3O2S. The molecule has 1 aliphatic carbocycles. The van der Waals surface area contributed by atoms with Gasteiger partial charge in [-0.25, -0.2) is 0 Å². The lowest BCUT2D eigenvalue weighted by molar-refractivity contribution is -0.384. The van der Waals surface area contributed by atoms with Crippen molar-refractivity contribution in [1.29, 1.82) is 5.26 Å². The van der Waals surface area contributed by atoms with Gasteiger partial charge < -0.3 is 0 Å². The summed E-state index contributed by atoms with van der Waals surface area (Å²) < 4.78 is 0. The summed E-state index contributed by atoms with van der Waals surface area (Å²) in [6.45, 7) is 2.80. The van der Waals surface area contributed by atoms with Crippen molar-refractivity contribution >= 4 is 17.4 Å². The van der Waals surface area contributed by atoms with E-state index in [1.54, 1.807) is 23.9 Å². The average Bonchev–Trinajstić information content (AvgIpc) is 2.83. The Morgan fingerprint density at radius 2 is 2.25 bits per heavy atom. The van der Waals surface area contributed by atoms with Crippen LogP contribution in [-0.4, -0.2) is 22.3 Å². The van der Waals surface area contributed by atoms with Crippen molar-refractivity contribution in [2.45, 2.75) is 41.9 Å². The first-order chi connectivity index (χ1) is 9.58. The number of nitro groups is 1. The zero-order chi connectivity index (χ0) is 14.6. The molecule has 0 spiro atoms. The van der Waals surface area contributed by atoms with Crippen LogP contribution in [0.25, 0.3) is 0 Å². The molecule has 2 rings (SSSR count). The van der Waals surface area contributed by atoms with Crippen LogP contribution in [0, 0.1) is 21.4 Å². The zero-order valence-corrected chi connectivity index (χ0v) is 12.2. The molecule has 1 N–H and O–H groups in total. The Labute approximate surface area is 122 Å². The van der Waals surface area contributed by atoms with E-state index < -0.39 is 10.5 Å². The summed E-state index contributed by atoms with van der Waals surface area (Å²) in [5.41, 5.74) is -0.285. The quantitative estimate of drug-likeness (QED) is 0.666. The smallest absolute Gasteiger partial charge is 0.269 e. The van der Waals surface area contributed by atoms with E-state index >= 15 is 0 Å². The van der Waals surface area contributed by atoms with E-state index in [1.165, 1.54) is 12.1 Å². The lowest BCUT2D eigenvalue weighted by Gasteiger charge is -2.21. The Morgan fingerprint density at radius 3 is 2.80 bits per heavy atom. The number of nitrogens with one attached hydrogen (secondary N) is 1. The fraction of sp³-hybridized carbons (Fsp3) is 0.500. The minimum absolute atomic E-state index is 0.111. The third kappa shape index (κ3) is 3.30. The molecule has 0 saturated heterocycles. The monoisotopic (exact) mass is 291 g/mol. The maximum Gasteiger partial charge on any atom is 0.269 e. The van der Waals surface area contributed by atoms with E-state index in [0.717, 1.165) is 30.7 Å². The molecule has 2 unspecified atom stereocenters. The Hall–Kier alpha value is -1.58. The maximum atomic E-state index is 10.6. The van der Waals surface area contributed by atoms with Crippen LogP contribution in [-0.2, 0) is 0 Å². The van der Waals surface area contributed by atoms with Crippen LogP contribution in [0.4, 0.5) is 5.69 Å². The lowest BCUT2D eigenvalue weighted by atomic mass is 10.0. The van der Waals surface area contributed by atoms with Crippen molar-refractivity contribution < 1.29 is 4.92 Å². The van der Waals surface area contributed by atoms with Crippen LogP contribution in [0.15, 0.2) is 29.2 Å². The lowest BCUT2D eigenvalue weighted by Crippen LogP contribution is -2.41. The minimum atomic E-state index is -0.396. The first-order valence-corrected chi connectivity index (χ1v) is 7.54. The molecule has 0 aliphatic heterocycles. The molecule has 0 radical (unpaired) electrons. The summed E-state index contributed by atoms with van der Waals surface area (Å²) in [4.78, 5) is 11.2. The van der Waals surface area contributed by atoms with Crippen molar-refractivity contribution in [3.63, 3.8) is 0 Å². The second kappa shape index (κ2) is 6.25. The van der Waals surface area contributed by atoms with Crippen molar-refractivity contribution in [3.8, 4) is 6.07 Å². The number of nitriles is 1. The predicted octanol–water partition coefficient (Wildman–Crippen LogP) is 3.11. The number of thioether (sulfide) groups is 1. The van der Waals surface area contributed by atoms with Crippen LogP contribution < -0.4 is 5.32 Å². The van der Waals surface area contributed by atoms with E-state index in [9.17, 15) is 15.4 Å². The summed E-state index contributed by atoms with van der Waals surface area (Å²) in [7, 11) is 0. The predicted molar refractivity (Wildman–Crippen MR) is 78.6 cm³/mol. The van der Waals surface area contributed by atoms with Crippen molar-refractivity contribution in [1.82, 2.24) is 5.32 Å². The molecule has 0 heterocycles. The fourth-order valence-electron chi connectivity index (χ4n) is 2.58. The Kier molecular flexibility index (Phi) is 4.63. The van der Waals surface area contributed by atoms with Gasteiger partial charge in [-0.2, -0.15) is 5.26 Å². The van der Waals surface area contributed by atoms with Crippen molar-refractivity contribution in [2.24, 2.45) is 0 Å². The highest BCUT2D eigenvalue weighted by atomic mass is 32.2. The number of hydrogen-bond donors (Lipinski definition) is 1. The summed E-state index contributed by atoms with van der Waals surface area (Å²) in [6.07, 6.45) is 2.67. The van der Waals surface area contributed by atoms with E-state index in [1.807, 2.05) is 6.92 Å². The molecule has 1 aliphatic rings. The van der Waals surface area contributed by atoms with Crippen LogP contribution in [0.1, 0.15) is 26.2 Å². The van der Waals surface area contributed by atoms with Gasteiger partial charge in [0.2, 0.25) is 0 Å². The molecule has 6 heteroatoms. The standard InChI is InChI=1S/C14H17N3O2S/c1-2-16-14(10-15)8-7-13(9-14)20-12-5-3-11(4-6-12)17(18)19/h3-6,13,16H,2,7-9H2,1H3. The first kappa shape index (κ1) is 14.8. The molecule has 0 bridgehead atoms. The van der Waals surface area contributed by atoms with Gasteiger partial charge in [-0.3, -0.25) is 15.4 Å². The number of nitrogens with zero attached hydrogens (tertiary/aromatic N) is 2. The molecule has 0 aromatic heterocycles. The van der Waals surface area contributed by atoms with E-state index in [-0.39, 0.29) is 5.69 Å². The molecule has 1 aromatic rings. The molecule has 1 aromatic carbocycles. The Balaban J connectivity index is 1.98. The summed E-state index contributed by atoms with van der Waals surface area (Å²) in [5.74, 6) is 0. The SMILES string of the molecule is CCNC1(C#N)CCC(Sc2ccc([N+](=O)[O-])cc2)C1. The zero-order valence-electron chi connectivity index (χ0n) is 11.3. The highest BCUT2D eigenvalue weighted by Crippen LogP contribution is 2.40. The molecule has 1 fully saturated rings. The minimum Gasteiger partial charge on any atom is -0.300 e. The van der Waals surface area contributed by atoms with Gasteiger partial charge in [0.15, 0.2) is 0 Å². The highest BCUT2D eigenvalue weighted by Gasteiger charge is 2.39. The third-order valence-corrected chi connectivity index (χ3v) is 4.83. The molecule has 20 heavy (non-hydrogen) atoms. The second-order valence-corrected chi connectivity index (χ2v) is 6.33. The summed E-state index contributed by atoms with van der Waals surface area (Å²) in [5, 5.41) is 23.6. The van der Waals surface area contributed by atoms with Gasteiger partial charge in [0.05, 0.1) is 11.0 Å². The van der Waals surface area contributed by atoms with Gasteiger partial charge in [-0.05, 0) is 37.9 Å². The third-order valence-electron chi connectivity index (χ3n) is 3.55. The highest BCUT2D eigenvalue weighted by molar-refractivity contribution is 8.00. The molecular weight excluding hydrogens is 274 g/mol. The van der Waals surface area contributed by atoms with E-state index in [0.29, 0.717) is 5.25 Å². The number of non-ortho nitro benzene ring substituents is 1. The van der Waals surface area contributed by atoms with Crippen molar-refractivity contribution in [2.75, 3.05) is 6.54 Å². The van der Waals surface area contributed by atoms with Crippen molar-refractivity contribution in [3.05, 3.63) is 34.4 Å².